The van der Waals surface area contributed by atoms with Crippen LogP contribution < -0.4 is 5.32 Å². The lowest BCUT2D eigenvalue weighted by molar-refractivity contribution is 0.00578. The molecule has 2 rings (SSSR count). The van der Waals surface area contributed by atoms with Gasteiger partial charge in [0.25, 0.3) is 0 Å². The smallest absolute Gasteiger partial charge is 0.478 e. The Kier molecular flexibility index (Phi) is 5.18. The van der Waals surface area contributed by atoms with Gasteiger partial charge in [0.15, 0.2) is 0 Å². The molecular formula is C17H23BFNO4. The van der Waals surface area contributed by atoms with Crippen molar-refractivity contribution in [3.8, 4) is 0 Å². The van der Waals surface area contributed by atoms with Crippen LogP contribution in [0.25, 0.3) is 6.08 Å². The fraction of sp³-hybridized carbons (Fsp3) is 0.471. The maximum absolute atomic E-state index is 14.1. The first-order valence-electron chi connectivity index (χ1n) is 7.81. The van der Waals surface area contributed by atoms with Crippen LogP contribution in [0.5, 0.6) is 0 Å². The Morgan fingerprint density at radius 3 is 2.38 bits per heavy atom. The van der Waals surface area contributed by atoms with Crippen LogP contribution in [-0.4, -0.2) is 43.0 Å². The number of carbonyl (C=O) groups is 1. The number of nitrogens with one attached hydrogen (secondary N) is 1. The van der Waals surface area contributed by atoms with Crippen molar-refractivity contribution in [2.75, 3.05) is 13.6 Å². The average Bonchev–Trinajstić information content (AvgIpc) is 2.68. The van der Waals surface area contributed by atoms with Crippen molar-refractivity contribution >= 4 is 19.2 Å². The van der Waals surface area contributed by atoms with Crippen LogP contribution in [0.15, 0.2) is 23.7 Å². The minimum Gasteiger partial charge on any atom is -0.478 e. The molecule has 1 heterocycles. The van der Waals surface area contributed by atoms with Crippen LogP contribution in [0, 0.1) is 5.82 Å². The summed E-state index contributed by atoms with van der Waals surface area (Å²) in [7, 11) is 1.14. The zero-order valence-corrected chi connectivity index (χ0v) is 14.6. The molecule has 0 amide bonds. The van der Waals surface area contributed by atoms with Crippen LogP contribution in [0.3, 0.4) is 0 Å². The summed E-state index contributed by atoms with van der Waals surface area (Å²) in [5, 5.41) is 12.1. The van der Waals surface area contributed by atoms with Crippen molar-refractivity contribution < 1.29 is 23.6 Å². The van der Waals surface area contributed by atoms with Crippen molar-refractivity contribution in [3.05, 3.63) is 40.6 Å². The second-order valence-corrected chi connectivity index (χ2v) is 6.88. The van der Waals surface area contributed by atoms with Gasteiger partial charge in [-0.3, -0.25) is 0 Å². The quantitative estimate of drug-likeness (QED) is 0.810. The fourth-order valence-corrected chi connectivity index (χ4v) is 2.39. The van der Waals surface area contributed by atoms with Crippen LogP contribution in [-0.2, 0) is 9.31 Å². The van der Waals surface area contributed by atoms with E-state index >= 15 is 0 Å². The number of likely N-dealkylation sites (N-methyl/N-ethyl adjacent to an activating group) is 1. The van der Waals surface area contributed by atoms with Crippen LogP contribution in [0.2, 0.25) is 0 Å². The molecule has 2 N–H and O–H groups in total. The third-order valence-corrected chi connectivity index (χ3v) is 4.52. The molecule has 0 aromatic heterocycles. The van der Waals surface area contributed by atoms with Crippen molar-refractivity contribution in [1.29, 1.82) is 0 Å². The van der Waals surface area contributed by atoms with E-state index in [2.05, 4.69) is 5.32 Å². The molecule has 0 unspecified atom stereocenters. The van der Waals surface area contributed by atoms with Gasteiger partial charge in [-0.2, -0.15) is 0 Å². The van der Waals surface area contributed by atoms with Crippen LogP contribution in [0.1, 0.15) is 43.6 Å². The number of carboxylic acid groups (broad SMARTS) is 1. The molecule has 1 aliphatic rings. The monoisotopic (exact) mass is 335 g/mol. The summed E-state index contributed by atoms with van der Waals surface area (Å²) in [4.78, 5) is 11.1. The normalized spacial score (nSPS) is 19.6. The first-order chi connectivity index (χ1) is 11.1. The van der Waals surface area contributed by atoms with Crippen molar-refractivity contribution in [2.45, 2.75) is 38.9 Å². The van der Waals surface area contributed by atoms with E-state index < -0.39 is 30.1 Å². The number of halogens is 1. The SMILES string of the molecule is CNCC(=Cc1cc(C(=O)O)ccc1F)B1OC(C)(C)C(C)(C)O1. The number of rotatable bonds is 5. The Labute approximate surface area is 142 Å². The maximum atomic E-state index is 14.1. The average molecular weight is 335 g/mol. The lowest BCUT2D eigenvalue weighted by Gasteiger charge is -2.32. The molecule has 7 heteroatoms. The van der Waals surface area contributed by atoms with E-state index in [4.69, 9.17) is 14.4 Å². The highest BCUT2D eigenvalue weighted by atomic mass is 19.1. The van der Waals surface area contributed by atoms with Gasteiger partial charge in [0.05, 0.1) is 16.8 Å². The molecular weight excluding hydrogens is 312 g/mol. The number of carboxylic acids is 1. The molecule has 1 saturated heterocycles. The van der Waals surface area contributed by atoms with Gasteiger partial charge in [-0.05, 0) is 58.4 Å². The van der Waals surface area contributed by atoms with E-state index in [0.29, 0.717) is 12.0 Å². The van der Waals surface area contributed by atoms with E-state index in [1.165, 1.54) is 12.1 Å². The summed E-state index contributed by atoms with van der Waals surface area (Å²) >= 11 is 0. The highest BCUT2D eigenvalue weighted by Crippen LogP contribution is 2.38. The summed E-state index contributed by atoms with van der Waals surface area (Å²) in [5.74, 6) is -1.60. The highest BCUT2D eigenvalue weighted by Gasteiger charge is 2.52. The number of hydrogen-bond donors (Lipinski definition) is 2. The molecule has 0 radical (unpaired) electrons. The number of hydrogen-bond acceptors (Lipinski definition) is 4. The van der Waals surface area contributed by atoms with E-state index in [0.717, 1.165) is 6.07 Å². The summed E-state index contributed by atoms with van der Waals surface area (Å²) in [6.45, 7) is 8.18. The second kappa shape index (κ2) is 6.66. The second-order valence-electron chi connectivity index (χ2n) is 6.88. The molecule has 0 saturated carbocycles. The Morgan fingerprint density at radius 1 is 1.29 bits per heavy atom. The number of benzene rings is 1. The van der Waals surface area contributed by atoms with Crippen LogP contribution >= 0.6 is 0 Å². The minimum absolute atomic E-state index is 0.0281. The van der Waals surface area contributed by atoms with Gasteiger partial charge >= 0.3 is 13.1 Å². The summed E-state index contributed by atoms with van der Waals surface area (Å²) in [6.07, 6.45) is 1.58. The maximum Gasteiger partial charge on any atom is 0.491 e. The minimum atomic E-state index is -1.10. The summed E-state index contributed by atoms with van der Waals surface area (Å²) < 4.78 is 26.1. The molecule has 1 aromatic rings. The lowest BCUT2D eigenvalue weighted by atomic mass is 9.77. The topological polar surface area (TPSA) is 67.8 Å². The molecule has 0 bridgehead atoms. The molecule has 5 nitrogen and oxygen atoms in total. The first-order valence-corrected chi connectivity index (χ1v) is 7.81. The molecule has 1 aromatic carbocycles. The van der Waals surface area contributed by atoms with Gasteiger partial charge in [-0.1, -0.05) is 6.08 Å². The van der Waals surface area contributed by atoms with Gasteiger partial charge in [-0.25, -0.2) is 9.18 Å². The summed E-state index contributed by atoms with van der Waals surface area (Å²) in [6, 6.07) is 3.69. The lowest BCUT2D eigenvalue weighted by Crippen LogP contribution is -2.41. The van der Waals surface area contributed by atoms with E-state index in [1.807, 2.05) is 27.7 Å². The van der Waals surface area contributed by atoms with Crippen LogP contribution in [0.4, 0.5) is 4.39 Å². The highest BCUT2D eigenvalue weighted by molar-refractivity contribution is 6.55. The number of aromatic carboxylic acids is 1. The van der Waals surface area contributed by atoms with Gasteiger partial charge in [0, 0.05) is 12.1 Å². The Morgan fingerprint density at radius 2 is 1.88 bits per heavy atom. The molecule has 0 atom stereocenters. The van der Waals surface area contributed by atoms with Crippen molar-refractivity contribution in [1.82, 2.24) is 5.32 Å². The van der Waals surface area contributed by atoms with E-state index in [1.54, 1.807) is 13.1 Å². The molecule has 1 aliphatic heterocycles. The van der Waals surface area contributed by atoms with Crippen molar-refractivity contribution in [3.63, 3.8) is 0 Å². The molecule has 24 heavy (non-hydrogen) atoms. The van der Waals surface area contributed by atoms with Gasteiger partial charge < -0.3 is 19.7 Å². The summed E-state index contributed by atoms with van der Waals surface area (Å²) in [5.41, 5.74) is -0.106. The molecule has 0 aliphatic carbocycles. The zero-order chi connectivity index (χ0) is 18.1. The fourth-order valence-electron chi connectivity index (χ4n) is 2.39. The standard InChI is InChI=1S/C17H23BFNO4/c1-16(2)17(3,4)24-18(23-16)13(10-20-5)9-12-8-11(15(21)22)6-7-14(12)19/h6-9,20H,10H2,1-5H3,(H,21,22). The van der Waals surface area contributed by atoms with Gasteiger partial charge in [-0.15, -0.1) is 0 Å². The van der Waals surface area contributed by atoms with Gasteiger partial charge in [0.2, 0.25) is 0 Å². The first kappa shape index (κ1) is 18.6. The third-order valence-electron chi connectivity index (χ3n) is 4.52. The zero-order valence-electron chi connectivity index (χ0n) is 14.6. The third kappa shape index (κ3) is 3.69. The molecule has 130 valence electrons. The Balaban J connectivity index is 2.40. The Hall–Kier alpha value is -1.70. The van der Waals surface area contributed by atoms with Gasteiger partial charge in [0.1, 0.15) is 5.82 Å². The predicted octanol–water partition coefficient (Wildman–Crippen LogP) is 2.76. The van der Waals surface area contributed by atoms with E-state index in [-0.39, 0.29) is 11.1 Å². The Bertz CT molecular complexity index is 657. The van der Waals surface area contributed by atoms with E-state index in [9.17, 15) is 9.18 Å². The largest absolute Gasteiger partial charge is 0.491 e. The van der Waals surface area contributed by atoms with Crippen molar-refractivity contribution in [2.24, 2.45) is 0 Å². The molecule has 0 spiro atoms. The predicted molar refractivity (Wildman–Crippen MR) is 91.3 cm³/mol. The molecule has 1 fully saturated rings.